The third-order valence-corrected chi connectivity index (χ3v) is 4.89. The van der Waals surface area contributed by atoms with Crippen LogP contribution in [0.3, 0.4) is 0 Å². The molecule has 0 saturated heterocycles. The maximum absolute atomic E-state index is 13.7. The second-order valence-electron chi connectivity index (χ2n) is 4.62. The lowest BCUT2D eigenvalue weighted by Crippen LogP contribution is -2.13. The van der Waals surface area contributed by atoms with E-state index in [1.807, 2.05) is 18.2 Å². The van der Waals surface area contributed by atoms with Gasteiger partial charge < -0.3 is 5.32 Å². The maximum atomic E-state index is 13.7. The van der Waals surface area contributed by atoms with Gasteiger partial charge in [0.1, 0.15) is 11.6 Å². The fourth-order valence-corrected chi connectivity index (χ4v) is 3.36. The average Bonchev–Trinajstić information content (AvgIpc) is 2.46. The molecule has 0 aliphatic heterocycles. The minimum absolute atomic E-state index is 0.285. The molecule has 0 aliphatic carbocycles. The summed E-state index contributed by atoms with van der Waals surface area (Å²) in [5.41, 5.74) is 1.15. The Morgan fingerprint density at radius 2 is 1.90 bits per heavy atom. The van der Waals surface area contributed by atoms with Crippen LogP contribution in [-0.2, 0) is 6.54 Å². The molecule has 0 spiro atoms. The highest BCUT2D eigenvalue weighted by atomic mass is 79.9. The summed E-state index contributed by atoms with van der Waals surface area (Å²) in [7, 11) is 0. The molecule has 0 bridgehead atoms. The van der Waals surface area contributed by atoms with Gasteiger partial charge >= 0.3 is 0 Å². The van der Waals surface area contributed by atoms with Crippen LogP contribution >= 0.6 is 27.7 Å². The van der Waals surface area contributed by atoms with Crippen molar-refractivity contribution in [3.63, 3.8) is 0 Å². The highest BCUT2D eigenvalue weighted by Crippen LogP contribution is 2.35. The fourth-order valence-electron chi connectivity index (χ4n) is 1.82. The van der Waals surface area contributed by atoms with Crippen molar-refractivity contribution < 1.29 is 8.78 Å². The lowest BCUT2D eigenvalue weighted by Gasteiger charge is -2.09. The zero-order valence-electron chi connectivity index (χ0n) is 11.6. The summed E-state index contributed by atoms with van der Waals surface area (Å²) in [6, 6.07) is 9.39. The van der Waals surface area contributed by atoms with Crippen LogP contribution in [0.2, 0.25) is 0 Å². The SMILES string of the molecule is CCCNCc1ccc(Sc2cc(F)ccc2F)c(Br)c1. The first-order valence-corrected chi connectivity index (χ1v) is 8.33. The molecule has 0 heterocycles. The predicted molar refractivity (Wildman–Crippen MR) is 86.6 cm³/mol. The molecule has 0 saturated carbocycles. The van der Waals surface area contributed by atoms with Crippen molar-refractivity contribution in [2.75, 3.05) is 6.54 Å². The topological polar surface area (TPSA) is 12.0 Å². The van der Waals surface area contributed by atoms with E-state index in [1.165, 1.54) is 17.8 Å². The van der Waals surface area contributed by atoms with Gasteiger partial charge in [-0.15, -0.1) is 0 Å². The molecule has 21 heavy (non-hydrogen) atoms. The predicted octanol–water partition coefficient (Wildman–Crippen LogP) is 5.38. The van der Waals surface area contributed by atoms with Crippen LogP contribution in [0.15, 0.2) is 50.7 Å². The van der Waals surface area contributed by atoms with Crippen molar-refractivity contribution in [1.82, 2.24) is 5.32 Å². The first-order chi connectivity index (χ1) is 10.1. The molecule has 2 aromatic carbocycles. The second-order valence-corrected chi connectivity index (χ2v) is 6.56. The minimum atomic E-state index is -0.435. The van der Waals surface area contributed by atoms with E-state index < -0.39 is 11.6 Å². The number of halogens is 3. The summed E-state index contributed by atoms with van der Waals surface area (Å²) in [6.45, 7) is 3.89. The van der Waals surface area contributed by atoms with Gasteiger partial charge in [0.25, 0.3) is 0 Å². The average molecular weight is 372 g/mol. The van der Waals surface area contributed by atoms with Crippen LogP contribution in [0.25, 0.3) is 0 Å². The molecule has 2 rings (SSSR count). The van der Waals surface area contributed by atoms with E-state index in [4.69, 9.17) is 0 Å². The van der Waals surface area contributed by atoms with E-state index in [1.54, 1.807) is 0 Å². The Morgan fingerprint density at radius 1 is 1.10 bits per heavy atom. The summed E-state index contributed by atoms with van der Waals surface area (Å²) in [5, 5.41) is 3.33. The van der Waals surface area contributed by atoms with Crippen LogP contribution in [0.5, 0.6) is 0 Å². The molecule has 112 valence electrons. The Morgan fingerprint density at radius 3 is 2.62 bits per heavy atom. The molecule has 1 N–H and O–H groups in total. The van der Waals surface area contributed by atoms with Crippen molar-refractivity contribution in [1.29, 1.82) is 0 Å². The largest absolute Gasteiger partial charge is 0.313 e. The van der Waals surface area contributed by atoms with Gasteiger partial charge in [-0.25, -0.2) is 8.78 Å². The summed E-state index contributed by atoms with van der Waals surface area (Å²) in [4.78, 5) is 1.14. The molecular weight excluding hydrogens is 356 g/mol. The van der Waals surface area contributed by atoms with Gasteiger partial charge in [0.15, 0.2) is 0 Å². The lowest BCUT2D eigenvalue weighted by molar-refractivity contribution is 0.577. The third kappa shape index (κ3) is 4.80. The summed E-state index contributed by atoms with van der Waals surface area (Å²) in [6.07, 6.45) is 1.09. The summed E-state index contributed by atoms with van der Waals surface area (Å²) >= 11 is 4.70. The van der Waals surface area contributed by atoms with Gasteiger partial charge in [0.05, 0.1) is 4.90 Å². The van der Waals surface area contributed by atoms with Crippen molar-refractivity contribution in [3.05, 3.63) is 58.1 Å². The molecule has 5 heteroatoms. The van der Waals surface area contributed by atoms with Gasteiger partial charge in [-0.2, -0.15) is 0 Å². The van der Waals surface area contributed by atoms with Gasteiger partial charge in [-0.1, -0.05) is 24.8 Å². The van der Waals surface area contributed by atoms with Crippen LogP contribution < -0.4 is 5.32 Å². The number of rotatable bonds is 6. The number of hydrogen-bond acceptors (Lipinski definition) is 2. The number of hydrogen-bond donors (Lipinski definition) is 1. The van der Waals surface area contributed by atoms with Crippen LogP contribution in [-0.4, -0.2) is 6.54 Å². The first-order valence-electron chi connectivity index (χ1n) is 6.72. The standard InChI is InChI=1S/C16H16BrF2NS/c1-2-7-20-10-11-3-6-15(13(17)8-11)21-16-9-12(18)4-5-14(16)19/h3-6,8-9,20H,2,7,10H2,1H3. The van der Waals surface area contributed by atoms with Crippen LogP contribution in [0, 0.1) is 11.6 Å². The van der Waals surface area contributed by atoms with Crippen molar-refractivity contribution in [2.45, 2.75) is 29.7 Å². The molecule has 0 atom stereocenters. The van der Waals surface area contributed by atoms with E-state index >= 15 is 0 Å². The molecule has 1 nitrogen and oxygen atoms in total. The van der Waals surface area contributed by atoms with Gasteiger partial charge in [-0.05, 0) is 64.8 Å². The summed E-state index contributed by atoms with van der Waals surface area (Å²) < 4.78 is 27.7. The molecule has 0 aromatic heterocycles. The normalized spacial score (nSPS) is 10.9. The monoisotopic (exact) mass is 371 g/mol. The van der Waals surface area contributed by atoms with E-state index in [-0.39, 0.29) is 4.90 Å². The summed E-state index contributed by atoms with van der Waals surface area (Å²) in [5.74, 6) is -0.850. The zero-order valence-corrected chi connectivity index (χ0v) is 14.0. The van der Waals surface area contributed by atoms with Crippen molar-refractivity contribution in [2.24, 2.45) is 0 Å². The molecule has 2 aromatic rings. The lowest BCUT2D eigenvalue weighted by atomic mass is 10.2. The van der Waals surface area contributed by atoms with Crippen LogP contribution in [0.1, 0.15) is 18.9 Å². The van der Waals surface area contributed by atoms with Gasteiger partial charge in [0, 0.05) is 15.9 Å². The van der Waals surface area contributed by atoms with E-state index in [0.29, 0.717) is 0 Å². The van der Waals surface area contributed by atoms with E-state index in [2.05, 4.69) is 28.2 Å². The van der Waals surface area contributed by atoms with Gasteiger partial charge in [0.2, 0.25) is 0 Å². The molecule has 0 fully saturated rings. The fraction of sp³-hybridized carbons (Fsp3) is 0.250. The van der Waals surface area contributed by atoms with Gasteiger partial charge in [-0.3, -0.25) is 0 Å². The Balaban J connectivity index is 2.12. The Kier molecular flexibility index (Phi) is 6.21. The van der Waals surface area contributed by atoms with E-state index in [9.17, 15) is 8.78 Å². The molecule has 0 radical (unpaired) electrons. The smallest absolute Gasteiger partial charge is 0.137 e. The minimum Gasteiger partial charge on any atom is -0.313 e. The number of nitrogens with one attached hydrogen (secondary N) is 1. The Labute approximate surface area is 136 Å². The van der Waals surface area contributed by atoms with Crippen LogP contribution in [0.4, 0.5) is 8.78 Å². The number of benzene rings is 2. The Hall–Kier alpha value is -0.910. The van der Waals surface area contributed by atoms with Crippen molar-refractivity contribution in [3.8, 4) is 0 Å². The van der Waals surface area contributed by atoms with Crippen molar-refractivity contribution >= 4 is 27.7 Å². The highest BCUT2D eigenvalue weighted by molar-refractivity contribution is 9.10. The maximum Gasteiger partial charge on any atom is 0.137 e. The molecule has 0 aliphatic rings. The first kappa shape index (κ1) is 16.5. The third-order valence-electron chi connectivity index (χ3n) is 2.87. The highest BCUT2D eigenvalue weighted by Gasteiger charge is 2.09. The Bertz CT molecular complexity index is 619. The zero-order chi connectivity index (χ0) is 15.2. The molecular formula is C16H16BrF2NS. The molecule has 0 amide bonds. The van der Waals surface area contributed by atoms with E-state index in [0.717, 1.165) is 46.6 Å². The molecule has 0 unspecified atom stereocenters. The second kappa shape index (κ2) is 7.92. The quantitative estimate of drug-likeness (QED) is 0.684.